The second-order valence-electron chi connectivity index (χ2n) is 11.2. The number of benzene rings is 2. The summed E-state index contributed by atoms with van der Waals surface area (Å²) in [6.45, 7) is 4.58. The number of unbranched alkanes of at least 4 members (excludes halogenated alkanes) is 18. The van der Waals surface area contributed by atoms with Crippen LogP contribution in [-0.2, 0) is 12.8 Å². The SMILES string of the molecule is CCCCCCCCCCCCc1cccc(Oc2ccccc2CCCCCCCCCCCC)c1. The number of hydrogen-bond acceptors (Lipinski definition) is 1. The van der Waals surface area contributed by atoms with Gasteiger partial charge in [-0.3, -0.25) is 0 Å². The van der Waals surface area contributed by atoms with Gasteiger partial charge < -0.3 is 4.74 Å². The first kappa shape index (κ1) is 31.5. The molecule has 37 heavy (non-hydrogen) atoms. The molecule has 0 spiro atoms. The smallest absolute Gasteiger partial charge is 0.130 e. The molecule has 0 saturated heterocycles. The van der Waals surface area contributed by atoms with Crippen molar-refractivity contribution < 1.29 is 4.74 Å². The third-order valence-corrected chi connectivity index (χ3v) is 7.72. The molecule has 1 heteroatoms. The predicted octanol–water partition coefficient (Wildman–Crippen LogP) is 12.4. The topological polar surface area (TPSA) is 9.23 Å². The maximum atomic E-state index is 6.39. The van der Waals surface area contributed by atoms with Crippen LogP contribution < -0.4 is 4.74 Å². The van der Waals surface area contributed by atoms with Crippen molar-refractivity contribution in [3.63, 3.8) is 0 Å². The number of rotatable bonds is 24. The first-order valence-electron chi connectivity index (χ1n) is 16.2. The summed E-state index contributed by atoms with van der Waals surface area (Å²) >= 11 is 0. The molecule has 0 amide bonds. The summed E-state index contributed by atoms with van der Waals surface area (Å²) in [5.41, 5.74) is 2.76. The van der Waals surface area contributed by atoms with Crippen molar-refractivity contribution >= 4 is 0 Å². The fourth-order valence-corrected chi connectivity index (χ4v) is 5.32. The van der Waals surface area contributed by atoms with E-state index in [2.05, 4.69) is 62.4 Å². The van der Waals surface area contributed by atoms with E-state index in [-0.39, 0.29) is 0 Å². The van der Waals surface area contributed by atoms with Gasteiger partial charge in [-0.15, -0.1) is 0 Å². The molecule has 208 valence electrons. The van der Waals surface area contributed by atoms with Crippen LogP contribution in [0.25, 0.3) is 0 Å². The molecule has 2 aromatic rings. The van der Waals surface area contributed by atoms with Gasteiger partial charge in [0.2, 0.25) is 0 Å². The molecule has 0 aliphatic heterocycles. The molecule has 1 nitrogen and oxygen atoms in total. The van der Waals surface area contributed by atoms with Crippen molar-refractivity contribution in [1.29, 1.82) is 0 Å². The van der Waals surface area contributed by atoms with Crippen LogP contribution in [0.15, 0.2) is 48.5 Å². The maximum absolute atomic E-state index is 6.39. The second-order valence-corrected chi connectivity index (χ2v) is 11.2. The summed E-state index contributed by atoms with van der Waals surface area (Å²) in [4.78, 5) is 0. The lowest BCUT2D eigenvalue weighted by molar-refractivity contribution is 0.473. The Labute approximate surface area is 230 Å². The molecule has 0 aromatic heterocycles. The van der Waals surface area contributed by atoms with Crippen molar-refractivity contribution in [2.75, 3.05) is 0 Å². The van der Waals surface area contributed by atoms with Crippen LogP contribution >= 0.6 is 0 Å². The molecule has 0 atom stereocenters. The number of hydrogen-bond donors (Lipinski definition) is 0. The van der Waals surface area contributed by atoms with E-state index in [0.29, 0.717) is 0 Å². The average molecular weight is 507 g/mol. The van der Waals surface area contributed by atoms with Crippen LogP contribution in [0.2, 0.25) is 0 Å². The molecule has 0 fully saturated rings. The molecular weight excluding hydrogens is 448 g/mol. The Morgan fingerprint density at radius 3 is 1.51 bits per heavy atom. The molecule has 0 N–H and O–H groups in total. The minimum atomic E-state index is 0.986. The number of para-hydroxylation sites is 1. The fraction of sp³-hybridized carbons (Fsp3) is 0.667. The van der Waals surface area contributed by atoms with Gasteiger partial charge in [-0.2, -0.15) is 0 Å². The fourth-order valence-electron chi connectivity index (χ4n) is 5.32. The van der Waals surface area contributed by atoms with E-state index in [0.717, 1.165) is 24.3 Å². The zero-order valence-electron chi connectivity index (χ0n) is 24.6. The minimum absolute atomic E-state index is 0.986. The molecule has 0 radical (unpaired) electrons. The quantitative estimate of drug-likeness (QED) is 0.129. The van der Waals surface area contributed by atoms with Crippen LogP contribution in [0.4, 0.5) is 0 Å². The highest BCUT2D eigenvalue weighted by atomic mass is 16.5. The van der Waals surface area contributed by atoms with Gasteiger partial charge in [0.1, 0.15) is 11.5 Å². The predicted molar refractivity (Wildman–Crippen MR) is 164 cm³/mol. The van der Waals surface area contributed by atoms with Crippen molar-refractivity contribution in [3.8, 4) is 11.5 Å². The Kier molecular flexibility index (Phi) is 18.9. The van der Waals surface area contributed by atoms with Crippen molar-refractivity contribution in [2.45, 2.75) is 155 Å². The van der Waals surface area contributed by atoms with Gasteiger partial charge in [0, 0.05) is 0 Å². The van der Waals surface area contributed by atoms with E-state index in [1.165, 1.54) is 140 Å². The lowest BCUT2D eigenvalue weighted by Gasteiger charge is -2.12. The van der Waals surface area contributed by atoms with Gasteiger partial charge in [-0.25, -0.2) is 0 Å². The molecule has 2 aromatic carbocycles. The van der Waals surface area contributed by atoms with Crippen molar-refractivity contribution in [3.05, 3.63) is 59.7 Å². The highest BCUT2D eigenvalue weighted by molar-refractivity contribution is 5.39. The summed E-state index contributed by atoms with van der Waals surface area (Å²) in [6, 6.07) is 17.4. The van der Waals surface area contributed by atoms with Gasteiger partial charge in [0.25, 0.3) is 0 Å². The molecule has 0 saturated carbocycles. The normalized spacial score (nSPS) is 11.2. The average Bonchev–Trinajstić information content (AvgIpc) is 2.92. The first-order valence-corrected chi connectivity index (χ1v) is 16.2. The highest BCUT2D eigenvalue weighted by Crippen LogP contribution is 2.28. The monoisotopic (exact) mass is 506 g/mol. The number of ether oxygens (including phenoxy) is 1. The summed E-state index contributed by atoms with van der Waals surface area (Å²) in [7, 11) is 0. The van der Waals surface area contributed by atoms with E-state index in [1.54, 1.807) is 0 Å². The summed E-state index contributed by atoms with van der Waals surface area (Å²) < 4.78 is 6.39. The van der Waals surface area contributed by atoms with Crippen molar-refractivity contribution in [1.82, 2.24) is 0 Å². The summed E-state index contributed by atoms with van der Waals surface area (Å²) in [5, 5.41) is 0. The van der Waals surface area contributed by atoms with E-state index < -0.39 is 0 Å². The maximum Gasteiger partial charge on any atom is 0.130 e. The largest absolute Gasteiger partial charge is 0.457 e. The Morgan fingerprint density at radius 2 is 0.946 bits per heavy atom. The Morgan fingerprint density at radius 1 is 0.459 bits per heavy atom. The van der Waals surface area contributed by atoms with E-state index in [1.807, 2.05) is 0 Å². The lowest BCUT2D eigenvalue weighted by atomic mass is 10.0. The molecule has 0 aliphatic rings. The Bertz CT molecular complexity index is 780. The van der Waals surface area contributed by atoms with Crippen LogP contribution in [0.3, 0.4) is 0 Å². The minimum Gasteiger partial charge on any atom is -0.457 e. The molecule has 0 bridgehead atoms. The van der Waals surface area contributed by atoms with Gasteiger partial charge in [0.05, 0.1) is 0 Å². The molecular formula is C36H58O. The molecule has 2 rings (SSSR count). The van der Waals surface area contributed by atoms with Gasteiger partial charge in [-0.1, -0.05) is 160 Å². The van der Waals surface area contributed by atoms with E-state index in [9.17, 15) is 0 Å². The van der Waals surface area contributed by atoms with Crippen molar-refractivity contribution in [2.24, 2.45) is 0 Å². The van der Waals surface area contributed by atoms with Gasteiger partial charge in [-0.05, 0) is 55.0 Å². The second kappa shape index (κ2) is 22.2. The zero-order valence-corrected chi connectivity index (χ0v) is 24.6. The van der Waals surface area contributed by atoms with Gasteiger partial charge >= 0.3 is 0 Å². The first-order chi connectivity index (χ1) is 18.3. The molecule has 0 aliphatic carbocycles. The zero-order chi connectivity index (χ0) is 26.2. The number of aryl methyl sites for hydroxylation is 2. The van der Waals surface area contributed by atoms with Crippen LogP contribution in [0, 0.1) is 0 Å². The summed E-state index contributed by atoms with van der Waals surface area (Å²) in [6.07, 6.45) is 30.0. The van der Waals surface area contributed by atoms with Crippen LogP contribution in [0.5, 0.6) is 11.5 Å². The lowest BCUT2D eigenvalue weighted by Crippen LogP contribution is -1.94. The third-order valence-electron chi connectivity index (χ3n) is 7.72. The van der Waals surface area contributed by atoms with E-state index in [4.69, 9.17) is 4.74 Å². The van der Waals surface area contributed by atoms with Gasteiger partial charge in [0.15, 0.2) is 0 Å². The standard InChI is InChI=1S/C36H58O/c1-3-5-7-9-11-13-15-17-19-21-26-33-27-25-30-35(32-33)37-36-31-24-23-29-34(36)28-22-20-18-16-14-12-10-8-6-4-2/h23-25,27,29-32H,3-22,26,28H2,1-2H3. The summed E-state index contributed by atoms with van der Waals surface area (Å²) in [5.74, 6) is 2.02. The van der Waals surface area contributed by atoms with Crippen LogP contribution in [-0.4, -0.2) is 0 Å². The Hall–Kier alpha value is -1.76. The highest BCUT2D eigenvalue weighted by Gasteiger charge is 2.06. The molecule has 0 heterocycles. The van der Waals surface area contributed by atoms with Crippen LogP contribution in [0.1, 0.15) is 153 Å². The molecule has 0 unspecified atom stereocenters. The Balaban J connectivity index is 1.63. The van der Waals surface area contributed by atoms with E-state index >= 15 is 0 Å². The third kappa shape index (κ3) is 15.9.